The molecule has 0 aliphatic carbocycles. The molecule has 1 N–H and O–H groups in total. The molecule has 1 unspecified atom stereocenters. The van der Waals surface area contributed by atoms with Crippen molar-refractivity contribution >= 4 is 17.7 Å². The minimum atomic E-state index is -0.911. The second-order valence-corrected chi connectivity index (χ2v) is 9.88. The van der Waals surface area contributed by atoms with E-state index in [-0.39, 0.29) is 30.2 Å². The van der Waals surface area contributed by atoms with Crippen molar-refractivity contribution in [1.82, 2.24) is 20.1 Å². The minimum Gasteiger partial charge on any atom is -0.353 e. The van der Waals surface area contributed by atoms with Crippen LogP contribution in [-0.2, 0) is 20.9 Å². The summed E-state index contributed by atoms with van der Waals surface area (Å²) in [5.41, 5.74) is 1.46. The molecule has 4 rings (SSSR count). The van der Waals surface area contributed by atoms with E-state index in [1.807, 2.05) is 56.0 Å². The summed E-state index contributed by atoms with van der Waals surface area (Å²) in [6, 6.07) is 10.3. The molecule has 2 aliphatic rings. The van der Waals surface area contributed by atoms with Crippen LogP contribution >= 0.6 is 0 Å². The summed E-state index contributed by atoms with van der Waals surface area (Å²) in [5.74, 6) is -0.0803. The Bertz CT molecular complexity index is 1060. The first-order chi connectivity index (χ1) is 16.8. The van der Waals surface area contributed by atoms with Crippen LogP contribution in [0.4, 0.5) is 0 Å². The molecule has 186 valence electrons. The predicted octanol–water partition coefficient (Wildman–Crippen LogP) is 2.91. The summed E-state index contributed by atoms with van der Waals surface area (Å²) in [6.07, 6.45) is 4.83. The fourth-order valence-electron chi connectivity index (χ4n) is 4.88. The second kappa shape index (κ2) is 10.6. The largest absolute Gasteiger partial charge is 0.353 e. The molecule has 8 heteroatoms. The van der Waals surface area contributed by atoms with Crippen LogP contribution in [0, 0.1) is 12.8 Å². The molecule has 2 fully saturated rings. The van der Waals surface area contributed by atoms with Gasteiger partial charge in [-0.25, -0.2) is 0 Å². The van der Waals surface area contributed by atoms with E-state index in [2.05, 4.69) is 10.3 Å². The molecule has 2 saturated heterocycles. The Morgan fingerprint density at radius 3 is 2.60 bits per heavy atom. The molecule has 1 spiro atoms. The Morgan fingerprint density at radius 2 is 1.94 bits per heavy atom. The van der Waals surface area contributed by atoms with Crippen LogP contribution in [0.2, 0.25) is 0 Å². The first-order valence-electron chi connectivity index (χ1n) is 12.3. The number of hydrogen-bond donors (Lipinski definition) is 1. The number of benzene rings is 1. The zero-order valence-electron chi connectivity index (χ0n) is 20.7. The minimum absolute atomic E-state index is 0.121. The fourth-order valence-corrected chi connectivity index (χ4v) is 4.88. The Labute approximate surface area is 206 Å². The molecule has 3 amide bonds. The monoisotopic (exact) mass is 478 g/mol. The maximum Gasteiger partial charge on any atom is 0.256 e. The van der Waals surface area contributed by atoms with Crippen LogP contribution in [0.15, 0.2) is 48.8 Å². The number of aromatic nitrogens is 1. The average Bonchev–Trinajstić information content (AvgIpc) is 3.21. The highest BCUT2D eigenvalue weighted by Crippen LogP contribution is 2.38. The maximum atomic E-state index is 13.8. The van der Waals surface area contributed by atoms with Crippen molar-refractivity contribution in [2.75, 3.05) is 19.7 Å². The number of ether oxygens (including phenoxy) is 1. The summed E-state index contributed by atoms with van der Waals surface area (Å²) in [7, 11) is 0. The summed E-state index contributed by atoms with van der Waals surface area (Å²) in [4.78, 5) is 47.3. The van der Waals surface area contributed by atoms with Crippen molar-refractivity contribution < 1.29 is 19.1 Å². The van der Waals surface area contributed by atoms with Gasteiger partial charge in [-0.2, -0.15) is 0 Å². The standard InChI is InChI=1S/C27H34N4O4/c1-19(2)14-24(32)30-12-9-27(10-13-30)31(26(34)22-8-4-6-20(3)15-22)23(18-35-27)25(33)29-17-21-7-5-11-28-16-21/h4-8,11,15-16,19,23H,9-10,12-14,17-18H2,1-3H3,(H,29,33). The van der Waals surface area contributed by atoms with Crippen LogP contribution in [-0.4, -0.2) is 64.0 Å². The van der Waals surface area contributed by atoms with Crippen molar-refractivity contribution in [3.8, 4) is 0 Å². The Hall–Kier alpha value is -3.26. The number of hydrogen-bond acceptors (Lipinski definition) is 5. The molecule has 35 heavy (non-hydrogen) atoms. The van der Waals surface area contributed by atoms with Crippen LogP contribution in [0.5, 0.6) is 0 Å². The molecule has 1 aromatic heterocycles. The molecule has 0 saturated carbocycles. The molecule has 0 bridgehead atoms. The molecule has 0 radical (unpaired) electrons. The number of nitrogens with zero attached hydrogens (tertiary/aromatic N) is 3. The van der Waals surface area contributed by atoms with Gasteiger partial charge < -0.3 is 15.0 Å². The number of likely N-dealkylation sites (tertiary alicyclic amines) is 1. The SMILES string of the molecule is Cc1cccc(C(=O)N2C(C(=O)NCc3cccnc3)COC23CCN(C(=O)CC(C)C)CC3)c1. The summed E-state index contributed by atoms with van der Waals surface area (Å²) < 4.78 is 6.26. The zero-order chi connectivity index (χ0) is 25.0. The molecular weight excluding hydrogens is 444 g/mol. The van der Waals surface area contributed by atoms with Gasteiger partial charge in [-0.05, 0) is 36.6 Å². The third-order valence-corrected chi connectivity index (χ3v) is 6.72. The lowest BCUT2D eigenvalue weighted by atomic mass is 9.95. The molecule has 8 nitrogen and oxygen atoms in total. The lowest BCUT2D eigenvalue weighted by Crippen LogP contribution is -2.59. The number of carbonyl (C=O) groups excluding carboxylic acids is 3. The van der Waals surface area contributed by atoms with Gasteiger partial charge >= 0.3 is 0 Å². The topological polar surface area (TPSA) is 91.8 Å². The molecule has 2 aliphatic heterocycles. The average molecular weight is 479 g/mol. The van der Waals surface area contributed by atoms with E-state index in [4.69, 9.17) is 4.74 Å². The quantitative estimate of drug-likeness (QED) is 0.689. The van der Waals surface area contributed by atoms with Crippen LogP contribution < -0.4 is 5.32 Å². The van der Waals surface area contributed by atoms with E-state index in [9.17, 15) is 14.4 Å². The molecule has 1 aromatic carbocycles. The molecule has 1 atom stereocenters. The number of amides is 3. The van der Waals surface area contributed by atoms with E-state index in [0.717, 1.165) is 11.1 Å². The normalized spacial score (nSPS) is 19.3. The van der Waals surface area contributed by atoms with E-state index < -0.39 is 11.8 Å². The van der Waals surface area contributed by atoms with Crippen molar-refractivity contribution in [3.63, 3.8) is 0 Å². The van der Waals surface area contributed by atoms with E-state index in [1.165, 1.54) is 0 Å². The Morgan fingerprint density at radius 1 is 1.17 bits per heavy atom. The van der Waals surface area contributed by atoms with E-state index >= 15 is 0 Å². The summed E-state index contributed by atoms with van der Waals surface area (Å²) >= 11 is 0. The van der Waals surface area contributed by atoms with Gasteiger partial charge in [0.15, 0.2) is 0 Å². The number of piperidine rings is 1. The van der Waals surface area contributed by atoms with Crippen molar-refractivity contribution in [2.24, 2.45) is 5.92 Å². The number of aryl methyl sites for hydroxylation is 1. The molecule has 2 aromatic rings. The van der Waals surface area contributed by atoms with Gasteiger partial charge in [0.1, 0.15) is 11.8 Å². The third kappa shape index (κ3) is 5.53. The van der Waals surface area contributed by atoms with E-state index in [1.54, 1.807) is 23.4 Å². The van der Waals surface area contributed by atoms with Crippen LogP contribution in [0.3, 0.4) is 0 Å². The molecule has 3 heterocycles. The lowest BCUT2D eigenvalue weighted by molar-refractivity contribution is -0.144. The van der Waals surface area contributed by atoms with Gasteiger partial charge in [0.2, 0.25) is 11.8 Å². The summed E-state index contributed by atoms with van der Waals surface area (Å²) in [6.45, 7) is 7.42. The number of pyridine rings is 1. The van der Waals surface area contributed by atoms with Gasteiger partial charge in [-0.3, -0.25) is 24.3 Å². The van der Waals surface area contributed by atoms with Gasteiger partial charge in [-0.1, -0.05) is 37.6 Å². The Kier molecular flexibility index (Phi) is 7.50. The van der Waals surface area contributed by atoms with Gasteiger partial charge in [-0.15, -0.1) is 0 Å². The van der Waals surface area contributed by atoms with Crippen molar-refractivity contribution in [2.45, 2.75) is 58.3 Å². The van der Waals surface area contributed by atoms with Crippen LogP contribution in [0.1, 0.15) is 54.6 Å². The van der Waals surface area contributed by atoms with Gasteiger partial charge in [0.25, 0.3) is 5.91 Å². The van der Waals surface area contributed by atoms with Crippen molar-refractivity contribution in [3.05, 3.63) is 65.5 Å². The second-order valence-electron chi connectivity index (χ2n) is 9.88. The van der Waals surface area contributed by atoms with E-state index in [0.29, 0.717) is 44.5 Å². The Balaban J connectivity index is 1.55. The first-order valence-corrected chi connectivity index (χ1v) is 12.3. The third-order valence-electron chi connectivity index (χ3n) is 6.72. The predicted molar refractivity (Wildman–Crippen MR) is 131 cm³/mol. The van der Waals surface area contributed by atoms with Crippen LogP contribution in [0.25, 0.3) is 0 Å². The van der Waals surface area contributed by atoms with Gasteiger partial charge in [0, 0.05) is 56.9 Å². The highest BCUT2D eigenvalue weighted by molar-refractivity contribution is 5.98. The highest BCUT2D eigenvalue weighted by Gasteiger charge is 2.54. The lowest BCUT2D eigenvalue weighted by Gasteiger charge is -2.44. The van der Waals surface area contributed by atoms with Crippen molar-refractivity contribution in [1.29, 1.82) is 0 Å². The number of nitrogens with one attached hydrogen (secondary N) is 1. The zero-order valence-corrected chi connectivity index (χ0v) is 20.7. The summed E-state index contributed by atoms with van der Waals surface area (Å²) in [5, 5.41) is 2.94. The highest BCUT2D eigenvalue weighted by atomic mass is 16.5. The number of carbonyl (C=O) groups is 3. The first kappa shape index (κ1) is 24.9. The van der Waals surface area contributed by atoms with Gasteiger partial charge in [0.05, 0.1) is 6.61 Å². The maximum absolute atomic E-state index is 13.8. The number of rotatable bonds is 6. The fraction of sp³-hybridized carbons (Fsp3) is 0.481. The molecular formula is C27H34N4O4. The smallest absolute Gasteiger partial charge is 0.256 e.